The molecule has 29 heavy (non-hydrogen) atoms. The highest BCUT2D eigenvalue weighted by molar-refractivity contribution is 7.89. The van der Waals surface area contributed by atoms with Crippen LogP contribution in [0.15, 0.2) is 77.7 Å². The highest BCUT2D eigenvalue weighted by Gasteiger charge is 2.20. The Labute approximate surface area is 173 Å². The molecule has 3 aromatic rings. The quantitative estimate of drug-likeness (QED) is 0.641. The zero-order valence-electron chi connectivity index (χ0n) is 16.6. The Kier molecular flexibility index (Phi) is 6.28. The highest BCUT2D eigenvalue weighted by Crippen LogP contribution is 2.22. The summed E-state index contributed by atoms with van der Waals surface area (Å²) in [6, 6.07) is 23.8. The van der Waals surface area contributed by atoms with Crippen LogP contribution < -0.4 is 4.72 Å². The van der Waals surface area contributed by atoms with Crippen LogP contribution in [-0.2, 0) is 16.4 Å². The maximum absolute atomic E-state index is 12.6. The van der Waals surface area contributed by atoms with Crippen LogP contribution in [0.25, 0.3) is 10.8 Å². The van der Waals surface area contributed by atoms with Crippen molar-refractivity contribution in [2.75, 3.05) is 26.2 Å². The summed E-state index contributed by atoms with van der Waals surface area (Å²) in [5, 5.41) is 1.99. The van der Waals surface area contributed by atoms with Gasteiger partial charge in [-0.3, -0.25) is 0 Å². The fourth-order valence-corrected chi connectivity index (χ4v) is 5.17. The highest BCUT2D eigenvalue weighted by atomic mass is 32.2. The second-order valence-corrected chi connectivity index (χ2v) is 9.65. The fourth-order valence-electron chi connectivity index (χ4n) is 4.12. The van der Waals surface area contributed by atoms with E-state index in [2.05, 4.69) is 40.0 Å². The number of sulfonamides is 1. The van der Waals surface area contributed by atoms with Gasteiger partial charge in [-0.2, -0.15) is 0 Å². The van der Waals surface area contributed by atoms with Gasteiger partial charge in [0.2, 0.25) is 10.0 Å². The van der Waals surface area contributed by atoms with Crippen molar-refractivity contribution in [1.82, 2.24) is 9.62 Å². The van der Waals surface area contributed by atoms with Crippen LogP contribution in [0.1, 0.15) is 18.4 Å². The Morgan fingerprint density at radius 2 is 1.55 bits per heavy atom. The van der Waals surface area contributed by atoms with E-state index in [1.807, 2.05) is 30.3 Å². The molecule has 0 bridgehead atoms. The molecule has 1 fully saturated rings. The number of nitrogens with one attached hydrogen (secondary N) is 1. The summed E-state index contributed by atoms with van der Waals surface area (Å²) >= 11 is 0. The van der Waals surface area contributed by atoms with E-state index >= 15 is 0 Å². The van der Waals surface area contributed by atoms with E-state index in [-0.39, 0.29) is 0 Å². The van der Waals surface area contributed by atoms with Gasteiger partial charge in [-0.1, -0.05) is 60.7 Å². The van der Waals surface area contributed by atoms with E-state index in [1.165, 1.54) is 18.4 Å². The minimum Gasteiger partial charge on any atom is -0.302 e. The Morgan fingerprint density at radius 1 is 0.862 bits per heavy atom. The van der Waals surface area contributed by atoms with E-state index in [9.17, 15) is 8.42 Å². The van der Waals surface area contributed by atoms with Gasteiger partial charge in [-0.25, -0.2) is 13.1 Å². The van der Waals surface area contributed by atoms with Crippen LogP contribution >= 0.6 is 0 Å². The topological polar surface area (TPSA) is 49.4 Å². The first kappa shape index (κ1) is 20.1. The van der Waals surface area contributed by atoms with Gasteiger partial charge < -0.3 is 4.90 Å². The summed E-state index contributed by atoms with van der Waals surface area (Å²) < 4.78 is 28.1. The van der Waals surface area contributed by atoms with Crippen LogP contribution in [0.3, 0.4) is 0 Å². The van der Waals surface area contributed by atoms with Gasteiger partial charge in [-0.05, 0) is 66.7 Å². The molecule has 4 nitrogen and oxygen atoms in total. The number of hydrogen-bond acceptors (Lipinski definition) is 3. The zero-order valence-corrected chi connectivity index (χ0v) is 17.4. The first-order valence-corrected chi connectivity index (χ1v) is 11.8. The molecule has 1 aliphatic rings. The van der Waals surface area contributed by atoms with Crippen LogP contribution in [-0.4, -0.2) is 39.5 Å². The molecule has 1 saturated heterocycles. The molecule has 0 aliphatic carbocycles. The predicted octanol–water partition coefficient (Wildman–Crippen LogP) is 4.07. The Balaban J connectivity index is 1.25. The summed E-state index contributed by atoms with van der Waals surface area (Å²) in [6.07, 6.45) is 3.49. The fraction of sp³-hybridized carbons (Fsp3) is 0.333. The van der Waals surface area contributed by atoms with E-state index in [0.717, 1.165) is 42.7 Å². The maximum atomic E-state index is 12.6. The largest absolute Gasteiger partial charge is 0.302 e. The lowest BCUT2D eigenvalue weighted by molar-refractivity contribution is 0.187. The van der Waals surface area contributed by atoms with Crippen molar-refractivity contribution in [3.05, 3.63) is 78.4 Å². The first-order chi connectivity index (χ1) is 14.1. The van der Waals surface area contributed by atoms with E-state index < -0.39 is 10.0 Å². The van der Waals surface area contributed by atoms with Gasteiger partial charge >= 0.3 is 0 Å². The number of rotatable bonds is 7. The molecule has 0 amide bonds. The smallest absolute Gasteiger partial charge is 0.240 e. The van der Waals surface area contributed by atoms with Gasteiger partial charge in [-0.15, -0.1) is 0 Å². The van der Waals surface area contributed by atoms with E-state index in [0.29, 0.717) is 11.4 Å². The summed E-state index contributed by atoms with van der Waals surface area (Å²) in [5.74, 6) is 0.725. The van der Waals surface area contributed by atoms with Crippen molar-refractivity contribution in [2.24, 2.45) is 5.92 Å². The lowest BCUT2D eigenvalue weighted by Gasteiger charge is -2.32. The molecular formula is C24H28N2O2S. The lowest BCUT2D eigenvalue weighted by Crippen LogP contribution is -2.39. The molecule has 0 spiro atoms. The van der Waals surface area contributed by atoms with Gasteiger partial charge in [0, 0.05) is 13.1 Å². The Hall–Kier alpha value is -2.21. The normalized spacial score (nSPS) is 16.3. The van der Waals surface area contributed by atoms with Gasteiger partial charge in [0.05, 0.1) is 4.90 Å². The molecule has 1 aliphatic heterocycles. The van der Waals surface area contributed by atoms with E-state index in [4.69, 9.17) is 0 Å². The van der Waals surface area contributed by atoms with Crippen LogP contribution in [0.5, 0.6) is 0 Å². The molecule has 0 unspecified atom stereocenters. The molecule has 4 rings (SSSR count). The molecule has 0 saturated carbocycles. The number of fused-ring (bicyclic) bond motifs is 1. The minimum atomic E-state index is -3.48. The predicted molar refractivity (Wildman–Crippen MR) is 118 cm³/mol. The third kappa shape index (κ3) is 5.24. The molecule has 1 N–H and O–H groups in total. The first-order valence-electron chi connectivity index (χ1n) is 10.3. The third-order valence-electron chi connectivity index (χ3n) is 5.83. The van der Waals surface area contributed by atoms with Crippen molar-refractivity contribution in [3.63, 3.8) is 0 Å². The van der Waals surface area contributed by atoms with Crippen molar-refractivity contribution < 1.29 is 8.42 Å². The van der Waals surface area contributed by atoms with E-state index in [1.54, 1.807) is 12.1 Å². The third-order valence-corrected chi connectivity index (χ3v) is 7.28. The van der Waals surface area contributed by atoms with Gasteiger partial charge in [0.1, 0.15) is 0 Å². The summed E-state index contributed by atoms with van der Waals surface area (Å²) in [6.45, 7) is 3.27. The average Bonchev–Trinajstić information content (AvgIpc) is 2.75. The molecule has 5 heteroatoms. The van der Waals surface area contributed by atoms with Crippen LogP contribution in [0.4, 0.5) is 0 Å². The SMILES string of the molecule is O=S(=O)(NCCN1CCC(Cc2ccccc2)CC1)c1ccc2ccccc2c1. The Morgan fingerprint density at radius 3 is 2.31 bits per heavy atom. The summed E-state index contributed by atoms with van der Waals surface area (Å²) in [7, 11) is -3.48. The monoisotopic (exact) mass is 408 g/mol. The van der Waals surface area contributed by atoms with Crippen molar-refractivity contribution >= 4 is 20.8 Å². The van der Waals surface area contributed by atoms with Crippen molar-refractivity contribution in [1.29, 1.82) is 0 Å². The molecular weight excluding hydrogens is 380 g/mol. The number of piperidine rings is 1. The minimum absolute atomic E-state index is 0.331. The second-order valence-electron chi connectivity index (χ2n) is 7.88. The standard InChI is InChI=1S/C24H28N2O2S/c27-29(28,24-11-10-22-8-4-5-9-23(22)19-24)25-14-17-26-15-12-21(13-16-26)18-20-6-2-1-3-7-20/h1-11,19,21,25H,12-18H2. The summed E-state index contributed by atoms with van der Waals surface area (Å²) in [5.41, 5.74) is 1.41. The molecule has 0 aromatic heterocycles. The number of nitrogens with zero attached hydrogens (tertiary/aromatic N) is 1. The number of likely N-dealkylation sites (tertiary alicyclic amines) is 1. The zero-order chi connectivity index (χ0) is 20.1. The number of benzene rings is 3. The van der Waals surface area contributed by atoms with Crippen LogP contribution in [0, 0.1) is 5.92 Å². The molecule has 152 valence electrons. The molecule has 0 atom stereocenters. The second kappa shape index (κ2) is 9.08. The van der Waals surface area contributed by atoms with Crippen molar-refractivity contribution in [2.45, 2.75) is 24.2 Å². The number of hydrogen-bond donors (Lipinski definition) is 1. The van der Waals surface area contributed by atoms with Crippen LogP contribution in [0.2, 0.25) is 0 Å². The summed E-state index contributed by atoms with van der Waals surface area (Å²) in [4.78, 5) is 2.70. The molecule has 0 radical (unpaired) electrons. The maximum Gasteiger partial charge on any atom is 0.240 e. The van der Waals surface area contributed by atoms with Crippen molar-refractivity contribution in [3.8, 4) is 0 Å². The molecule has 1 heterocycles. The van der Waals surface area contributed by atoms with Gasteiger partial charge in [0.15, 0.2) is 0 Å². The molecule has 3 aromatic carbocycles. The average molecular weight is 409 g/mol. The van der Waals surface area contributed by atoms with Gasteiger partial charge in [0.25, 0.3) is 0 Å². The Bertz CT molecular complexity index is 1040. The lowest BCUT2D eigenvalue weighted by atomic mass is 9.90.